The fourth-order valence-electron chi connectivity index (χ4n) is 5.11. The van der Waals surface area contributed by atoms with Crippen LogP contribution in [-0.2, 0) is 5.54 Å². The molecule has 1 aromatic heterocycles. The van der Waals surface area contributed by atoms with E-state index in [0.29, 0.717) is 0 Å². The lowest BCUT2D eigenvalue weighted by molar-refractivity contribution is 0.451. The quantitative estimate of drug-likeness (QED) is 0.407. The number of aliphatic imine (C=N–C) groups is 1. The summed E-state index contributed by atoms with van der Waals surface area (Å²) in [4.78, 5) is 21.4. The average molecular weight is 498 g/mol. The van der Waals surface area contributed by atoms with E-state index in [2.05, 4.69) is 63.8 Å². The van der Waals surface area contributed by atoms with E-state index in [-0.39, 0.29) is 17.1 Å². The van der Waals surface area contributed by atoms with Crippen LogP contribution in [0.2, 0.25) is 5.02 Å². The zero-order chi connectivity index (χ0) is 24.7. The normalized spacial score (nSPS) is 18.6. The number of aromatic nitrogens is 1. The number of hydrogen-bond acceptors (Lipinski definition) is 5. The number of aromatic amines is 1. The van der Waals surface area contributed by atoms with Gasteiger partial charge in [0.2, 0.25) is 5.56 Å². The summed E-state index contributed by atoms with van der Waals surface area (Å²) in [5, 5.41) is 8.15. The highest BCUT2D eigenvalue weighted by atomic mass is 35.5. The van der Waals surface area contributed by atoms with Gasteiger partial charge < -0.3 is 20.5 Å². The second-order valence-electron chi connectivity index (χ2n) is 9.63. The van der Waals surface area contributed by atoms with Crippen LogP contribution in [0.1, 0.15) is 42.5 Å². The van der Waals surface area contributed by atoms with Crippen LogP contribution < -0.4 is 16.2 Å². The van der Waals surface area contributed by atoms with Gasteiger partial charge in [0.1, 0.15) is 0 Å². The molecule has 0 radical (unpaired) electrons. The summed E-state index contributed by atoms with van der Waals surface area (Å²) >= 11 is 6.08. The number of amidine groups is 1. The Balaban J connectivity index is 1.17. The molecule has 6 rings (SSSR count). The van der Waals surface area contributed by atoms with Gasteiger partial charge in [-0.3, -0.25) is 9.79 Å². The number of pyridine rings is 1. The highest BCUT2D eigenvalue weighted by Gasteiger charge is 2.44. The molecule has 0 spiro atoms. The molecule has 36 heavy (non-hydrogen) atoms. The Morgan fingerprint density at radius 2 is 1.83 bits per heavy atom. The molecule has 1 fully saturated rings. The number of benzene rings is 2. The van der Waals surface area contributed by atoms with Crippen LogP contribution in [0.4, 0.5) is 5.69 Å². The van der Waals surface area contributed by atoms with E-state index >= 15 is 0 Å². The second kappa shape index (κ2) is 9.12. The van der Waals surface area contributed by atoms with E-state index in [1.165, 1.54) is 11.1 Å². The first-order valence-electron chi connectivity index (χ1n) is 12.3. The van der Waals surface area contributed by atoms with Crippen molar-refractivity contribution >= 4 is 28.8 Å². The third-order valence-electron chi connectivity index (χ3n) is 7.18. The average Bonchev–Trinajstić information content (AvgIpc) is 3.49. The van der Waals surface area contributed by atoms with Gasteiger partial charge in [0.05, 0.1) is 17.9 Å². The van der Waals surface area contributed by atoms with Gasteiger partial charge >= 0.3 is 0 Å². The van der Waals surface area contributed by atoms with Crippen LogP contribution in [0.5, 0.6) is 0 Å². The maximum absolute atomic E-state index is 11.8. The molecular weight excluding hydrogens is 470 g/mol. The molecule has 6 nitrogen and oxygen atoms in total. The first-order valence-corrected chi connectivity index (χ1v) is 12.7. The van der Waals surface area contributed by atoms with Crippen LogP contribution in [0.15, 0.2) is 94.5 Å². The Morgan fingerprint density at radius 1 is 1.06 bits per heavy atom. The summed E-state index contributed by atoms with van der Waals surface area (Å²) in [6.45, 7) is 3.74. The largest absolute Gasteiger partial charge is 0.353 e. The van der Waals surface area contributed by atoms with Crippen LogP contribution in [-0.4, -0.2) is 28.8 Å². The minimum absolute atomic E-state index is 0.0472. The SMILES string of the molecule is CC(NC1(c2ccc(Cl)cc2)CC1)c1ccc(NC2=CC=C(c3cc[nH]c(=O)c3)N3CCN=C23)cc1. The summed E-state index contributed by atoms with van der Waals surface area (Å²) in [5.74, 6) is 0.908. The number of anilines is 1. The summed E-state index contributed by atoms with van der Waals surface area (Å²) in [6, 6.07) is 20.5. The molecule has 0 bridgehead atoms. The van der Waals surface area contributed by atoms with Crippen molar-refractivity contribution < 1.29 is 0 Å². The Labute approximate surface area is 215 Å². The van der Waals surface area contributed by atoms with E-state index in [0.717, 1.165) is 59.4 Å². The number of rotatable bonds is 7. The van der Waals surface area contributed by atoms with Gasteiger partial charge in [-0.1, -0.05) is 35.9 Å². The molecule has 1 atom stereocenters. The van der Waals surface area contributed by atoms with E-state index < -0.39 is 0 Å². The molecular formula is C29H28ClN5O. The number of nitrogens with zero attached hydrogens (tertiary/aromatic N) is 2. The molecule has 182 valence electrons. The van der Waals surface area contributed by atoms with E-state index in [1.807, 2.05) is 30.4 Å². The molecule has 7 heteroatoms. The smallest absolute Gasteiger partial charge is 0.248 e. The van der Waals surface area contributed by atoms with Crippen molar-refractivity contribution in [2.75, 3.05) is 18.4 Å². The Kier molecular flexibility index (Phi) is 5.78. The predicted octanol–water partition coefficient (Wildman–Crippen LogP) is 5.43. The standard InChI is InChI=1S/C29H28ClN5O/c1-19(34-29(13-14-29)22-4-6-23(30)7-5-22)20-2-8-24(9-3-20)33-25-10-11-26(35-17-16-32-28(25)35)21-12-15-31-27(36)18-21/h2-12,15,18-19,33-34H,13-14,16-17H2,1H3,(H,31,36). The molecule has 2 aromatic carbocycles. The number of nitrogens with one attached hydrogen (secondary N) is 3. The minimum Gasteiger partial charge on any atom is -0.353 e. The Hall–Kier alpha value is -3.61. The van der Waals surface area contributed by atoms with E-state index in [9.17, 15) is 4.79 Å². The van der Waals surface area contributed by atoms with Crippen LogP contribution in [0, 0.1) is 0 Å². The minimum atomic E-state index is -0.108. The highest BCUT2D eigenvalue weighted by Crippen LogP contribution is 2.47. The molecule has 3 aliphatic rings. The third-order valence-corrected chi connectivity index (χ3v) is 7.43. The number of allylic oxidation sites excluding steroid dienone is 2. The zero-order valence-electron chi connectivity index (χ0n) is 20.1. The lowest BCUT2D eigenvalue weighted by Crippen LogP contribution is -2.32. The fraction of sp³-hybridized carbons (Fsp3) is 0.241. The lowest BCUT2D eigenvalue weighted by Gasteiger charge is -2.28. The Bertz CT molecular complexity index is 1430. The maximum atomic E-state index is 11.8. The van der Waals surface area contributed by atoms with Gasteiger partial charge in [-0.2, -0.15) is 0 Å². The number of halogens is 1. The van der Waals surface area contributed by atoms with Crippen molar-refractivity contribution in [3.8, 4) is 0 Å². The van der Waals surface area contributed by atoms with Crippen LogP contribution >= 0.6 is 11.6 Å². The Morgan fingerprint density at radius 3 is 2.56 bits per heavy atom. The van der Waals surface area contributed by atoms with Crippen LogP contribution in [0.3, 0.4) is 0 Å². The van der Waals surface area contributed by atoms with Crippen molar-refractivity contribution in [2.45, 2.75) is 31.3 Å². The van der Waals surface area contributed by atoms with Crippen molar-refractivity contribution in [1.29, 1.82) is 0 Å². The number of fused-ring (bicyclic) bond motifs is 1. The molecule has 0 amide bonds. The predicted molar refractivity (Wildman–Crippen MR) is 146 cm³/mol. The topological polar surface area (TPSA) is 72.5 Å². The van der Waals surface area contributed by atoms with Crippen molar-refractivity contribution in [2.24, 2.45) is 4.99 Å². The fourth-order valence-corrected chi connectivity index (χ4v) is 5.24. The summed E-state index contributed by atoms with van der Waals surface area (Å²) < 4.78 is 0. The molecule has 3 N–H and O–H groups in total. The van der Waals surface area contributed by atoms with Gasteiger partial charge in [0.15, 0.2) is 5.84 Å². The molecule has 2 aliphatic heterocycles. The van der Waals surface area contributed by atoms with Crippen LogP contribution in [0.25, 0.3) is 5.70 Å². The van der Waals surface area contributed by atoms with Gasteiger partial charge in [-0.15, -0.1) is 0 Å². The van der Waals surface area contributed by atoms with Gasteiger partial charge in [-0.05, 0) is 73.4 Å². The second-order valence-corrected chi connectivity index (χ2v) is 10.1. The van der Waals surface area contributed by atoms with Gasteiger partial charge in [-0.25, -0.2) is 0 Å². The molecule has 1 aliphatic carbocycles. The van der Waals surface area contributed by atoms with E-state index in [4.69, 9.17) is 16.6 Å². The first kappa shape index (κ1) is 22.8. The zero-order valence-corrected chi connectivity index (χ0v) is 20.8. The van der Waals surface area contributed by atoms with Crippen molar-refractivity contribution in [1.82, 2.24) is 15.2 Å². The molecule has 3 heterocycles. The number of hydrogen-bond donors (Lipinski definition) is 3. The first-order chi connectivity index (χ1) is 17.5. The third kappa shape index (κ3) is 4.38. The molecule has 0 saturated heterocycles. The molecule has 3 aromatic rings. The monoisotopic (exact) mass is 497 g/mol. The van der Waals surface area contributed by atoms with E-state index in [1.54, 1.807) is 12.3 Å². The number of H-pyrrole nitrogens is 1. The maximum Gasteiger partial charge on any atom is 0.248 e. The summed E-state index contributed by atoms with van der Waals surface area (Å²) in [7, 11) is 0. The lowest BCUT2D eigenvalue weighted by atomic mass is 10.0. The molecule has 1 saturated carbocycles. The van der Waals surface area contributed by atoms with Crippen molar-refractivity contribution in [3.05, 3.63) is 117 Å². The van der Waals surface area contributed by atoms with Gasteiger partial charge in [0, 0.05) is 46.7 Å². The highest BCUT2D eigenvalue weighted by molar-refractivity contribution is 6.30. The van der Waals surface area contributed by atoms with Gasteiger partial charge in [0.25, 0.3) is 0 Å². The summed E-state index contributed by atoms with van der Waals surface area (Å²) in [5.41, 5.74) is 6.34. The van der Waals surface area contributed by atoms with Crippen molar-refractivity contribution in [3.63, 3.8) is 0 Å². The summed E-state index contributed by atoms with van der Waals surface area (Å²) in [6.07, 6.45) is 8.04. The molecule has 1 unspecified atom stereocenters.